The van der Waals surface area contributed by atoms with Crippen molar-refractivity contribution >= 4 is 34.1 Å². The Labute approximate surface area is 237 Å². The number of carbonyl (C=O) groups excluding carboxylic acids is 1. The number of rotatable bonds is 6. The van der Waals surface area contributed by atoms with E-state index in [1.165, 1.54) is 12.7 Å². The number of hydrogen-bond donors (Lipinski definition) is 1. The van der Waals surface area contributed by atoms with E-state index in [0.717, 1.165) is 34.3 Å². The predicted octanol–water partition coefficient (Wildman–Crippen LogP) is 5.91. The van der Waals surface area contributed by atoms with Gasteiger partial charge in [0.25, 0.3) is 0 Å². The maximum absolute atomic E-state index is 12.4. The second-order valence-electron chi connectivity index (χ2n) is 11.0. The monoisotopic (exact) mass is 553 g/mol. The zero-order valence-corrected chi connectivity index (χ0v) is 23.4. The molecule has 6 rings (SSSR count). The third-order valence-electron chi connectivity index (χ3n) is 6.62. The summed E-state index contributed by atoms with van der Waals surface area (Å²) in [5.74, 6) is 2.77. The third-order valence-corrected chi connectivity index (χ3v) is 6.62. The van der Waals surface area contributed by atoms with Gasteiger partial charge in [0.15, 0.2) is 5.65 Å². The van der Waals surface area contributed by atoms with E-state index in [9.17, 15) is 4.79 Å². The van der Waals surface area contributed by atoms with Gasteiger partial charge in [0.2, 0.25) is 0 Å². The van der Waals surface area contributed by atoms with E-state index in [-0.39, 0.29) is 12.2 Å². The maximum Gasteiger partial charge on any atom is 0.410 e. The Morgan fingerprint density at radius 2 is 1.88 bits per heavy atom. The molecule has 0 unspecified atom stereocenters. The largest absolute Gasteiger partial charge is 0.488 e. The lowest BCUT2D eigenvalue weighted by Gasteiger charge is -2.24. The molecular formula is C30H31N7O4. The first-order valence-corrected chi connectivity index (χ1v) is 13.4. The molecule has 1 aliphatic rings. The first kappa shape index (κ1) is 26.3. The molecular weight excluding hydrogens is 522 g/mol. The minimum atomic E-state index is -0.531. The van der Waals surface area contributed by atoms with Crippen LogP contribution >= 0.6 is 0 Å². The van der Waals surface area contributed by atoms with Crippen molar-refractivity contribution in [1.29, 1.82) is 0 Å². The van der Waals surface area contributed by atoms with E-state index in [2.05, 4.69) is 25.4 Å². The topological polar surface area (TPSA) is 116 Å². The normalized spacial score (nSPS) is 15.3. The van der Waals surface area contributed by atoms with Gasteiger partial charge in [-0.2, -0.15) is 5.10 Å². The van der Waals surface area contributed by atoms with Gasteiger partial charge in [0.1, 0.15) is 47.4 Å². The molecule has 41 heavy (non-hydrogen) atoms. The fraction of sp³-hybridized carbons (Fsp3) is 0.300. The summed E-state index contributed by atoms with van der Waals surface area (Å²) in [6, 6.07) is 15.3. The SMILES string of the molecule is Cc1cc(Nc2ncnc3ccc(O[C@@H]4CCN(C(=O)OC(C)(C)C)C4)cc23)ccc1Oc1ccn2ncnc2c1. The van der Waals surface area contributed by atoms with Gasteiger partial charge in [-0.05, 0) is 75.7 Å². The van der Waals surface area contributed by atoms with Crippen molar-refractivity contribution in [3.63, 3.8) is 0 Å². The fourth-order valence-corrected chi connectivity index (χ4v) is 4.68. The average molecular weight is 554 g/mol. The Morgan fingerprint density at radius 3 is 2.71 bits per heavy atom. The number of carbonyl (C=O) groups is 1. The van der Waals surface area contributed by atoms with E-state index in [0.29, 0.717) is 36.1 Å². The van der Waals surface area contributed by atoms with Gasteiger partial charge in [-0.1, -0.05) is 0 Å². The Hall–Kier alpha value is -4.93. The molecule has 2 aromatic carbocycles. The number of fused-ring (bicyclic) bond motifs is 2. The minimum Gasteiger partial charge on any atom is -0.488 e. The van der Waals surface area contributed by atoms with Gasteiger partial charge in [-0.15, -0.1) is 0 Å². The van der Waals surface area contributed by atoms with Crippen molar-refractivity contribution in [2.75, 3.05) is 18.4 Å². The van der Waals surface area contributed by atoms with Crippen LogP contribution in [0.5, 0.6) is 17.2 Å². The zero-order chi connectivity index (χ0) is 28.6. The highest BCUT2D eigenvalue weighted by Crippen LogP contribution is 2.32. The molecule has 11 nitrogen and oxygen atoms in total. The molecule has 1 atom stereocenters. The highest BCUT2D eigenvalue weighted by atomic mass is 16.6. The smallest absolute Gasteiger partial charge is 0.410 e. The Bertz CT molecular complexity index is 1730. The Balaban J connectivity index is 1.15. The first-order valence-electron chi connectivity index (χ1n) is 13.4. The molecule has 1 aliphatic heterocycles. The fourth-order valence-electron chi connectivity index (χ4n) is 4.68. The summed E-state index contributed by atoms with van der Waals surface area (Å²) in [6.45, 7) is 8.65. The number of nitrogens with one attached hydrogen (secondary N) is 1. The maximum atomic E-state index is 12.4. The van der Waals surface area contributed by atoms with Gasteiger partial charge < -0.3 is 24.4 Å². The van der Waals surface area contributed by atoms with Crippen molar-refractivity contribution in [2.45, 2.75) is 45.8 Å². The Morgan fingerprint density at radius 1 is 1.00 bits per heavy atom. The number of ether oxygens (including phenoxy) is 3. The van der Waals surface area contributed by atoms with Crippen molar-refractivity contribution in [3.05, 3.63) is 72.9 Å². The van der Waals surface area contributed by atoms with Crippen LogP contribution in [0.25, 0.3) is 16.6 Å². The summed E-state index contributed by atoms with van der Waals surface area (Å²) >= 11 is 0. The second-order valence-corrected chi connectivity index (χ2v) is 11.0. The van der Waals surface area contributed by atoms with Gasteiger partial charge >= 0.3 is 6.09 Å². The van der Waals surface area contributed by atoms with E-state index >= 15 is 0 Å². The Kier molecular flexibility index (Phi) is 6.78. The number of nitrogens with zero attached hydrogens (tertiary/aromatic N) is 6. The lowest BCUT2D eigenvalue weighted by atomic mass is 10.2. The van der Waals surface area contributed by atoms with Crippen molar-refractivity contribution in [1.82, 2.24) is 29.5 Å². The second kappa shape index (κ2) is 10.6. The summed E-state index contributed by atoms with van der Waals surface area (Å²) in [5.41, 5.74) is 2.78. The number of likely N-dealkylation sites (tertiary alicyclic amines) is 1. The molecule has 0 aliphatic carbocycles. The molecule has 1 amide bonds. The van der Waals surface area contributed by atoms with E-state index in [4.69, 9.17) is 14.2 Å². The van der Waals surface area contributed by atoms with Crippen LogP contribution in [0.3, 0.4) is 0 Å². The van der Waals surface area contributed by atoms with E-state index in [1.807, 2.05) is 82.4 Å². The molecule has 0 bridgehead atoms. The van der Waals surface area contributed by atoms with Crippen LogP contribution in [-0.2, 0) is 4.74 Å². The number of aromatic nitrogens is 5. The molecule has 0 spiro atoms. The van der Waals surface area contributed by atoms with Crippen LogP contribution in [0.2, 0.25) is 0 Å². The molecule has 210 valence electrons. The van der Waals surface area contributed by atoms with Gasteiger partial charge in [-0.3, -0.25) is 0 Å². The van der Waals surface area contributed by atoms with Crippen molar-refractivity contribution in [2.24, 2.45) is 0 Å². The first-order chi connectivity index (χ1) is 19.7. The van der Waals surface area contributed by atoms with Crippen molar-refractivity contribution in [3.8, 4) is 17.2 Å². The highest BCUT2D eigenvalue weighted by molar-refractivity contribution is 5.91. The van der Waals surface area contributed by atoms with Gasteiger partial charge in [0.05, 0.1) is 12.1 Å². The number of hydrogen-bond acceptors (Lipinski definition) is 9. The van der Waals surface area contributed by atoms with E-state index < -0.39 is 5.60 Å². The standard InChI is InChI=1S/C30H31N7O4/c1-19-13-20(5-8-26(19)40-22-10-12-37-27(15-22)32-18-34-37)35-28-24-14-21(6-7-25(24)31-17-33-28)39-23-9-11-36(16-23)29(38)41-30(2,3)4/h5-8,10,12-15,17-18,23H,9,11,16H2,1-4H3,(H,31,33,35)/t23-/m1/s1. The van der Waals surface area contributed by atoms with Crippen LogP contribution in [-0.4, -0.2) is 60.4 Å². The number of anilines is 2. The summed E-state index contributed by atoms with van der Waals surface area (Å²) in [5, 5.41) is 8.35. The van der Waals surface area contributed by atoms with Crippen LogP contribution in [0.4, 0.5) is 16.3 Å². The molecule has 1 saturated heterocycles. The minimum absolute atomic E-state index is 0.123. The van der Waals surface area contributed by atoms with Crippen LogP contribution in [0, 0.1) is 6.92 Å². The van der Waals surface area contributed by atoms with Gasteiger partial charge in [-0.25, -0.2) is 24.3 Å². The summed E-state index contributed by atoms with van der Waals surface area (Å²) < 4.78 is 19.5. The predicted molar refractivity (Wildman–Crippen MR) is 154 cm³/mol. The van der Waals surface area contributed by atoms with Crippen LogP contribution < -0.4 is 14.8 Å². The molecule has 1 fully saturated rings. The molecule has 5 aromatic rings. The lowest BCUT2D eigenvalue weighted by Crippen LogP contribution is -2.36. The quantitative estimate of drug-likeness (QED) is 0.274. The van der Waals surface area contributed by atoms with Crippen molar-refractivity contribution < 1.29 is 19.0 Å². The molecule has 11 heteroatoms. The summed E-state index contributed by atoms with van der Waals surface area (Å²) in [4.78, 5) is 27.2. The molecule has 4 heterocycles. The lowest BCUT2D eigenvalue weighted by molar-refractivity contribution is 0.0275. The number of amides is 1. The van der Waals surface area contributed by atoms with Gasteiger partial charge in [0, 0.05) is 36.3 Å². The van der Waals surface area contributed by atoms with Crippen LogP contribution in [0.1, 0.15) is 32.8 Å². The third kappa shape index (κ3) is 5.98. The van der Waals surface area contributed by atoms with Crippen LogP contribution in [0.15, 0.2) is 67.4 Å². The van der Waals surface area contributed by atoms with E-state index in [1.54, 1.807) is 9.42 Å². The molecule has 1 N–H and O–H groups in total. The zero-order valence-electron chi connectivity index (χ0n) is 23.4. The summed E-state index contributed by atoms with van der Waals surface area (Å²) in [6.07, 6.45) is 5.14. The number of aryl methyl sites for hydroxylation is 1. The average Bonchev–Trinajstić information content (AvgIpc) is 3.59. The molecule has 0 saturated carbocycles. The molecule has 0 radical (unpaired) electrons. The number of pyridine rings is 1. The summed E-state index contributed by atoms with van der Waals surface area (Å²) in [7, 11) is 0. The number of benzene rings is 2. The molecule has 3 aromatic heterocycles. The highest BCUT2D eigenvalue weighted by Gasteiger charge is 2.31.